The molecule has 23 heavy (non-hydrogen) atoms. The summed E-state index contributed by atoms with van der Waals surface area (Å²) < 4.78 is 13.7. The Morgan fingerprint density at radius 3 is 2.70 bits per heavy atom. The molecule has 3 rings (SSSR count). The van der Waals surface area contributed by atoms with Gasteiger partial charge in [-0.3, -0.25) is 4.98 Å². The molecule has 0 aliphatic heterocycles. The van der Waals surface area contributed by atoms with E-state index < -0.39 is 5.82 Å². The zero-order valence-corrected chi connectivity index (χ0v) is 13.1. The molecule has 0 unspecified atom stereocenters. The molecule has 0 saturated heterocycles. The molecule has 0 aromatic carbocycles. The number of halogens is 1. The molecule has 2 aromatic rings. The minimum Gasteiger partial charge on any atom is -0.393 e. The van der Waals surface area contributed by atoms with E-state index in [1.54, 1.807) is 25.2 Å². The van der Waals surface area contributed by atoms with Gasteiger partial charge in [0.25, 0.3) is 0 Å². The Labute approximate surface area is 134 Å². The number of pyridine rings is 1. The highest BCUT2D eigenvalue weighted by molar-refractivity contribution is 5.43. The minimum atomic E-state index is -0.464. The van der Waals surface area contributed by atoms with Gasteiger partial charge in [0.05, 0.1) is 24.0 Å². The van der Waals surface area contributed by atoms with Crippen LogP contribution in [0.3, 0.4) is 0 Å². The van der Waals surface area contributed by atoms with Crippen LogP contribution in [0.2, 0.25) is 0 Å². The van der Waals surface area contributed by atoms with Crippen LogP contribution >= 0.6 is 0 Å². The number of rotatable bonds is 5. The fourth-order valence-electron chi connectivity index (χ4n) is 2.78. The first kappa shape index (κ1) is 15.6. The summed E-state index contributed by atoms with van der Waals surface area (Å²) in [7, 11) is 3.46. The standard InChI is InChI=1S/C16H20FN5O/c1-22(2)15-12(17)9-19-16(21-15)20-14(10-7-11(23)8-10)13-5-3-4-6-18-13/h3-6,9-11,14,23H,7-8H2,1-2H3,(H,19,20,21)/t10?,11?,14-/m1/s1. The van der Waals surface area contributed by atoms with Crippen molar-refractivity contribution in [1.82, 2.24) is 15.0 Å². The van der Waals surface area contributed by atoms with E-state index in [2.05, 4.69) is 20.3 Å². The summed E-state index contributed by atoms with van der Waals surface area (Å²) in [6.45, 7) is 0. The van der Waals surface area contributed by atoms with Crippen LogP contribution in [0.25, 0.3) is 0 Å². The molecule has 1 aliphatic rings. The van der Waals surface area contributed by atoms with Gasteiger partial charge in [0, 0.05) is 20.3 Å². The predicted molar refractivity (Wildman–Crippen MR) is 85.6 cm³/mol. The zero-order valence-electron chi connectivity index (χ0n) is 13.1. The Kier molecular flexibility index (Phi) is 4.38. The van der Waals surface area contributed by atoms with Crippen molar-refractivity contribution in [3.8, 4) is 0 Å². The lowest BCUT2D eigenvalue weighted by molar-refractivity contribution is 0.0333. The first-order chi connectivity index (χ1) is 11.0. The predicted octanol–water partition coefficient (Wildman–Crippen LogP) is 2.00. The molecule has 2 aromatic heterocycles. The average Bonchev–Trinajstić information content (AvgIpc) is 2.52. The Balaban J connectivity index is 1.85. The summed E-state index contributed by atoms with van der Waals surface area (Å²) in [4.78, 5) is 14.3. The zero-order chi connectivity index (χ0) is 16.4. The quantitative estimate of drug-likeness (QED) is 0.878. The Bertz CT molecular complexity index is 661. The summed E-state index contributed by atoms with van der Waals surface area (Å²) in [5, 5.41) is 12.8. The summed E-state index contributed by atoms with van der Waals surface area (Å²) in [6.07, 6.45) is 4.04. The molecule has 0 amide bonds. The monoisotopic (exact) mass is 317 g/mol. The molecule has 1 atom stereocenters. The van der Waals surface area contributed by atoms with E-state index in [0.717, 1.165) is 11.9 Å². The Hall–Kier alpha value is -2.28. The van der Waals surface area contributed by atoms with Crippen LogP contribution in [0.1, 0.15) is 24.6 Å². The SMILES string of the molecule is CN(C)c1nc(N[C@@H](c2ccccn2)C2CC(O)C2)ncc1F. The highest BCUT2D eigenvalue weighted by Crippen LogP contribution is 2.39. The van der Waals surface area contributed by atoms with Gasteiger partial charge < -0.3 is 15.3 Å². The average molecular weight is 317 g/mol. The molecule has 6 nitrogen and oxygen atoms in total. The fraction of sp³-hybridized carbons (Fsp3) is 0.438. The summed E-state index contributed by atoms with van der Waals surface area (Å²) in [6, 6.07) is 5.59. The first-order valence-electron chi connectivity index (χ1n) is 7.60. The molecule has 0 bridgehead atoms. The third kappa shape index (κ3) is 3.39. The maximum Gasteiger partial charge on any atom is 0.225 e. The van der Waals surface area contributed by atoms with Crippen molar-refractivity contribution in [2.75, 3.05) is 24.3 Å². The van der Waals surface area contributed by atoms with Gasteiger partial charge in [-0.2, -0.15) is 4.98 Å². The van der Waals surface area contributed by atoms with Gasteiger partial charge in [0.2, 0.25) is 5.95 Å². The van der Waals surface area contributed by atoms with Crippen molar-refractivity contribution in [2.45, 2.75) is 25.0 Å². The van der Waals surface area contributed by atoms with E-state index in [9.17, 15) is 9.50 Å². The number of hydrogen-bond acceptors (Lipinski definition) is 6. The van der Waals surface area contributed by atoms with Gasteiger partial charge >= 0.3 is 0 Å². The van der Waals surface area contributed by atoms with Crippen LogP contribution in [0.4, 0.5) is 16.2 Å². The van der Waals surface area contributed by atoms with Crippen LogP contribution in [-0.4, -0.2) is 40.3 Å². The number of hydrogen-bond donors (Lipinski definition) is 2. The normalized spacial score (nSPS) is 21.4. The van der Waals surface area contributed by atoms with Gasteiger partial charge in [-0.25, -0.2) is 9.37 Å². The molecule has 1 aliphatic carbocycles. The number of aromatic nitrogens is 3. The van der Waals surface area contributed by atoms with Gasteiger partial charge in [-0.1, -0.05) is 6.07 Å². The van der Waals surface area contributed by atoms with E-state index in [1.807, 2.05) is 18.2 Å². The van der Waals surface area contributed by atoms with Gasteiger partial charge in [-0.05, 0) is 30.9 Å². The second kappa shape index (κ2) is 6.45. The topological polar surface area (TPSA) is 74.2 Å². The van der Waals surface area contributed by atoms with Crippen LogP contribution in [0.15, 0.2) is 30.6 Å². The Morgan fingerprint density at radius 2 is 2.09 bits per heavy atom. The van der Waals surface area contributed by atoms with Gasteiger partial charge in [0.15, 0.2) is 11.6 Å². The number of nitrogens with zero attached hydrogens (tertiary/aromatic N) is 4. The molecule has 0 spiro atoms. The van der Waals surface area contributed by atoms with Crippen LogP contribution in [0, 0.1) is 11.7 Å². The molecule has 122 valence electrons. The fourth-order valence-corrected chi connectivity index (χ4v) is 2.78. The smallest absolute Gasteiger partial charge is 0.225 e. The van der Waals surface area contributed by atoms with Crippen molar-refractivity contribution in [2.24, 2.45) is 5.92 Å². The van der Waals surface area contributed by atoms with E-state index in [-0.39, 0.29) is 23.9 Å². The summed E-state index contributed by atoms with van der Waals surface area (Å²) in [5.41, 5.74) is 0.865. The molecule has 0 radical (unpaired) electrons. The third-order valence-electron chi connectivity index (χ3n) is 4.06. The van der Waals surface area contributed by atoms with Crippen molar-refractivity contribution in [1.29, 1.82) is 0 Å². The second-order valence-electron chi connectivity index (χ2n) is 6.02. The van der Waals surface area contributed by atoms with Crippen LogP contribution in [0.5, 0.6) is 0 Å². The third-order valence-corrected chi connectivity index (χ3v) is 4.06. The van der Waals surface area contributed by atoms with Crippen LogP contribution in [-0.2, 0) is 0 Å². The highest BCUT2D eigenvalue weighted by atomic mass is 19.1. The minimum absolute atomic E-state index is 0.111. The van der Waals surface area contributed by atoms with E-state index in [1.165, 1.54) is 0 Å². The molecule has 2 N–H and O–H groups in total. The van der Waals surface area contributed by atoms with Crippen molar-refractivity contribution >= 4 is 11.8 Å². The van der Waals surface area contributed by atoms with E-state index >= 15 is 0 Å². The maximum atomic E-state index is 13.7. The van der Waals surface area contributed by atoms with Gasteiger partial charge in [-0.15, -0.1) is 0 Å². The lowest BCUT2D eigenvalue weighted by Crippen LogP contribution is -2.36. The summed E-state index contributed by atoms with van der Waals surface area (Å²) >= 11 is 0. The van der Waals surface area contributed by atoms with Crippen molar-refractivity contribution in [3.63, 3.8) is 0 Å². The summed E-state index contributed by atoms with van der Waals surface area (Å²) in [5.74, 6) is 0.369. The molecule has 1 fully saturated rings. The van der Waals surface area contributed by atoms with Crippen molar-refractivity contribution < 1.29 is 9.50 Å². The second-order valence-corrected chi connectivity index (χ2v) is 6.02. The molecule has 7 heteroatoms. The maximum absolute atomic E-state index is 13.7. The van der Waals surface area contributed by atoms with E-state index in [0.29, 0.717) is 18.8 Å². The molecule has 2 heterocycles. The van der Waals surface area contributed by atoms with Crippen LogP contribution < -0.4 is 10.2 Å². The van der Waals surface area contributed by atoms with Gasteiger partial charge in [0.1, 0.15) is 0 Å². The molecular formula is C16H20FN5O. The van der Waals surface area contributed by atoms with Crippen molar-refractivity contribution in [3.05, 3.63) is 42.1 Å². The number of aliphatic hydroxyl groups is 1. The number of nitrogens with one attached hydrogen (secondary N) is 1. The highest BCUT2D eigenvalue weighted by Gasteiger charge is 2.36. The lowest BCUT2D eigenvalue weighted by atomic mass is 9.76. The molecular weight excluding hydrogens is 297 g/mol. The Morgan fingerprint density at radius 1 is 1.30 bits per heavy atom. The first-order valence-corrected chi connectivity index (χ1v) is 7.60. The number of anilines is 2. The van der Waals surface area contributed by atoms with E-state index in [4.69, 9.17) is 0 Å². The number of aliphatic hydroxyl groups excluding tert-OH is 1. The lowest BCUT2D eigenvalue weighted by Gasteiger charge is -2.37. The largest absolute Gasteiger partial charge is 0.393 e. The molecule has 1 saturated carbocycles.